The van der Waals surface area contributed by atoms with Gasteiger partial charge in [0.05, 0.1) is 6.54 Å². The van der Waals surface area contributed by atoms with Gasteiger partial charge < -0.3 is 15.4 Å². The monoisotopic (exact) mass is 269 g/mol. The fourth-order valence-electron chi connectivity index (χ4n) is 1.53. The van der Waals surface area contributed by atoms with Crippen LogP contribution in [0.1, 0.15) is 13.8 Å². The van der Waals surface area contributed by atoms with Crippen molar-refractivity contribution in [1.29, 1.82) is 0 Å². The molecule has 0 aliphatic heterocycles. The lowest BCUT2D eigenvalue weighted by atomic mass is 10.3. The Morgan fingerprint density at radius 3 is 2.72 bits per heavy atom. The van der Waals surface area contributed by atoms with Gasteiger partial charge in [-0.05, 0) is 32.0 Å². The molecule has 0 atom stereocenters. The van der Waals surface area contributed by atoms with Gasteiger partial charge in [-0.2, -0.15) is 0 Å². The smallest absolute Gasteiger partial charge is 0.191 e. The van der Waals surface area contributed by atoms with Gasteiger partial charge in [0, 0.05) is 18.1 Å². The molecule has 0 aromatic heterocycles. The van der Waals surface area contributed by atoms with Gasteiger partial charge in [-0.25, -0.2) is 4.99 Å². The number of nitrogens with two attached hydrogens (primary N) is 1. The quantitative estimate of drug-likeness (QED) is 0.490. The summed E-state index contributed by atoms with van der Waals surface area (Å²) in [6.45, 7) is 6.85. The zero-order chi connectivity index (χ0) is 13.4. The molecule has 0 aliphatic carbocycles. The van der Waals surface area contributed by atoms with Crippen LogP contribution in [0.15, 0.2) is 29.3 Å². The first-order chi connectivity index (χ1) is 8.67. The third kappa shape index (κ3) is 4.84. The van der Waals surface area contributed by atoms with E-state index in [1.807, 2.05) is 36.9 Å². The molecule has 0 heterocycles. The lowest BCUT2D eigenvalue weighted by Gasteiger charge is -2.19. The molecule has 1 aromatic carbocycles. The number of guanidine groups is 1. The summed E-state index contributed by atoms with van der Waals surface area (Å²) < 4.78 is 5.52. The van der Waals surface area contributed by atoms with Crippen LogP contribution in [0.2, 0.25) is 5.02 Å². The van der Waals surface area contributed by atoms with Gasteiger partial charge in [0.1, 0.15) is 12.4 Å². The average molecular weight is 270 g/mol. The van der Waals surface area contributed by atoms with E-state index < -0.39 is 0 Å². The fraction of sp³-hybridized carbons (Fsp3) is 0.462. The van der Waals surface area contributed by atoms with Gasteiger partial charge in [-0.15, -0.1) is 0 Å². The van der Waals surface area contributed by atoms with Gasteiger partial charge in [0.15, 0.2) is 5.96 Å². The maximum atomic E-state index is 5.85. The van der Waals surface area contributed by atoms with E-state index in [4.69, 9.17) is 22.1 Å². The van der Waals surface area contributed by atoms with E-state index in [1.54, 1.807) is 6.07 Å². The Balaban J connectivity index is 2.36. The maximum absolute atomic E-state index is 5.85. The molecule has 0 spiro atoms. The molecule has 0 unspecified atom stereocenters. The molecule has 0 fully saturated rings. The van der Waals surface area contributed by atoms with E-state index in [2.05, 4.69) is 4.99 Å². The number of aliphatic imine (C=N–C) groups is 1. The first-order valence-corrected chi connectivity index (χ1v) is 6.48. The molecule has 1 aromatic rings. The molecule has 2 N–H and O–H groups in total. The number of rotatable bonds is 6. The Morgan fingerprint density at radius 1 is 1.39 bits per heavy atom. The highest BCUT2D eigenvalue weighted by Crippen LogP contribution is 2.16. The Kier molecular flexibility index (Phi) is 6.36. The molecular weight excluding hydrogens is 250 g/mol. The van der Waals surface area contributed by atoms with Crippen molar-refractivity contribution >= 4 is 17.6 Å². The molecule has 0 aliphatic rings. The predicted molar refractivity (Wildman–Crippen MR) is 76.4 cm³/mol. The summed E-state index contributed by atoms with van der Waals surface area (Å²) in [6, 6.07) is 7.30. The van der Waals surface area contributed by atoms with Crippen molar-refractivity contribution in [2.75, 3.05) is 26.2 Å². The number of benzene rings is 1. The summed E-state index contributed by atoms with van der Waals surface area (Å²) in [6.07, 6.45) is 0. The van der Waals surface area contributed by atoms with Crippen LogP contribution in [0, 0.1) is 0 Å². The Morgan fingerprint density at radius 2 is 2.11 bits per heavy atom. The van der Waals surface area contributed by atoms with Crippen LogP contribution in [0.5, 0.6) is 5.75 Å². The molecule has 5 heteroatoms. The molecular formula is C13H20ClN3O. The highest BCUT2D eigenvalue weighted by atomic mass is 35.5. The minimum Gasteiger partial charge on any atom is -0.492 e. The summed E-state index contributed by atoms with van der Waals surface area (Å²) in [5.41, 5.74) is 5.84. The van der Waals surface area contributed by atoms with Gasteiger partial charge >= 0.3 is 0 Å². The number of halogens is 1. The van der Waals surface area contributed by atoms with Crippen LogP contribution in [0.4, 0.5) is 0 Å². The highest BCUT2D eigenvalue weighted by Gasteiger charge is 2.01. The number of hydrogen-bond acceptors (Lipinski definition) is 2. The van der Waals surface area contributed by atoms with E-state index in [-0.39, 0.29) is 0 Å². The summed E-state index contributed by atoms with van der Waals surface area (Å²) in [4.78, 5) is 6.27. The second-order valence-corrected chi connectivity index (χ2v) is 4.15. The molecule has 4 nitrogen and oxygen atoms in total. The molecule has 18 heavy (non-hydrogen) atoms. The molecule has 0 saturated heterocycles. The van der Waals surface area contributed by atoms with E-state index in [1.165, 1.54) is 0 Å². The predicted octanol–water partition coefficient (Wildman–Crippen LogP) is 2.38. The average Bonchev–Trinajstić information content (AvgIpc) is 2.36. The summed E-state index contributed by atoms with van der Waals surface area (Å²) in [7, 11) is 0. The van der Waals surface area contributed by atoms with Crippen molar-refractivity contribution in [2.45, 2.75) is 13.8 Å². The first kappa shape index (κ1) is 14.6. The zero-order valence-electron chi connectivity index (χ0n) is 10.9. The Hall–Kier alpha value is -1.42. The van der Waals surface area contributed by atoms with Gasteiger partial charge in [0.25, 0.3) is 0 Å². The third-order valence-electron chi connectivity index (χ3n) is 2.52. The SMILES string of the molecule is CCN(CC)C(N)=NCCOc1cccc(Cl)c1. The molecule has 0 radical (unpaired) electrons. The van der Waals surface area contributed by atoms with Crippen molar-refractivity contribution in [3.8, 4) is 5.75 Å². The van der Waals surface area contributed by atoms with Crippen LogP contribution in [0.3, 0.4) is 0 Å². The topological polar surface area (TPSA) is 50.8 Å². The van der Waals surface area contributed by atoms with Crippen LogP contribution < -0.4 is 10.5 Å². The van der Waals surface area contributed by atoms with E-state index >= 15 is 0 Å². The van der Waals surface area contributed by atoms with E-state index in [0.29, 0.717) is 24.1 Å². The summed E-state index contributed by atoms with van der Waals surface area (Å²) in [5, 5.41) is 0.665. The maximum Gasteiger partial charge on any atom is 0.191 e. The summed E-state index contributed by atoms with van der Waals surface area (Å²) in [5.74, 6) is 1.31. The highest BCUT2D eigenvalue weighted by molar-refractivity contribution is 6.30. The van der Waals surface area contributed by atoms with Crippen molar-refractivity contribution in [3.63, 3.8) is 0 Å². The molecule has 0 amide bonds. The largest absolute Gasteiger partial charge is 0.492 e. The second kappa shape index (κ2) is 7.82. The number of hydrogen-bond donors (Lipinski definition) is 1. The van der Waals surface area contributed by atoms with Crippen LogP contribution in [0.25, 0.3) is 0 Å². The minimum atomic E-state index is 0.488. The van der Waals surface area contributed by atoms with Gasteiger partial charge in [-0.3, -0.25) is 0 Å². The normalized spacial score (nSPS) is 11.4. The molecule has 0 saturated carbocycles. The van der Waals surface area contributed by atoms with E-state index in [9.17, 15) is 0 Å². The van der Waals surface area contributed by atoms with Crippen molar-refractivity contribution in [3.05, 3.63) is 29.3 Å². The van der Waals surface area contributed by atoms with Crippen molar-refractivity contribution < 1.29 is 4.74 Å². The minimum absolute atomic E-state index is 0.488. The van der Waals surface area contributed by atoms with Gasteiger partial charge in [0.2, 0.25) is 0 Å². The van der Waals surface area contributed by atoms with Crippen molar-refractivity contribution in [1.82, 2.24) is 4.90 Å². The molecule has 100 valence electrons. The molecule has 0 bridgehead atoms. The van der Waals surface area contributed by atoms with Crippen molar-refractivity contribution in [2.24, 2.45) is 10.7 Å². The standard InChI is InChI=1S/C13H20ClN3O/c1-3-17(4-2)13(15)16-8-9-18-12-7-5-6-11(14)10-12/h5-7,10H,3-4,8-9H2,1-2H3,(H2,15,16). The number of nitrogens with zero attached hydrogens (tertiary/aromatic N) is 2. The molecule has 1 rings (SSSR count). The second-order valence-electron chi connectivity index (χ2n) is 3.72. The van der Waals surface area contributed by atoms with Crippen LogP contribution in [-0.4, -0.2) is 37.1 Å². The van der Waals surface area contributed by atoms with E-state index in [0.717, 1.165) is 18.8 Å². The van der Waals surface area contributed by atoms with Crippen LogP contribution in [-0.2, 0) is 0 Å². The fourth-order valence-corrected chi connectivity index (χ4v) is 1.71. The van der Waals surface area contributed by atoms with Gasteiger partial charge in [-0.1, -0.05) is 17.7 Å². The number of ether oxygens (including phenoxy) is 1. The third-order valence-corrected chi connectivity index (χ3v) is 2.75. The lowest BCUT2D eigenvalue weighted by molar-refractivity contribution is 0.327. The summed E-state index contributed by atoms with van der Waals surface area (Å²) >= 11 is 5.85. The lowest BCUT2D eigenvalue weighted by Crippen LogP contribution is -2.37. The van der Waals surface area contributed by atoms with Crippen LogP contribution >= 0.6 is 11.6 Å². The Labute approximate surface area is 113 Å². The zero-order valence-corrected chi connectivity index (χ0v) is 11.7. The first-order valence-electron chi connectivity index (χ1n) is 6.10. The Bertz CT molecular complexity index is 392.